The van der Waals surface area contributed by atoms with E-state index in [9.17, 15) is 19.5 Å². The number of alkyl carbamates (subject to hydrolysis) is 1. The number of carbonyl (C=O) groups excluding carboxylic acids is 3. The van der Waals surface area contributed by atoms with Gasteiger partial charge in [-0.15, -0.1) is 0 Å². The second kappa shape index (κ2) is 10.7. The number of carbonyl (C=O) groups is 3. The van der Waals surface area contributed by atoms with Crippen LogP contribution in [0.25, 0.3) is 0 Å². The molecule has 1 aromatic heterocycles. The third-order valence-electron chi connectivity index (χ3n) is 6.72. The van der Waals surface area contributed by atoms with Crippen LogP contribution in [0.1, 0.15) is 62.3 Å². The number of likely N-dealkylation sites (tertiary alicyclic amines) is 1. The molecule has 198 valence electrons. The predicted molar refractivity (Wildman–Crippen MR) is 138 cm³/mol. The molecule has 0 bridgehead atoms. The zero-order chi connectivity index (χ0) is 26.8. The first kappa shape index (κ1) is 26.9. The second-order valence-electron chi connectivity index (χ2n) is 10.5. The summed E-state index contributed by atoms with van der Waals surface area (Å²) in [4.78, 5) is 44.3. The number of aliphatic hydroxyl groups is 1. The van der Waals surface area contributed by atoms with Crippen molar-refractivity contribution in [1.82, 2.24) is 20.5 Å². The maximum atomic E-state index is 13.5. The highest BCUT2D eigenvalue weighted by molar-refractivity contribution is 6.30. The monoisotopic (exact) mass is 528 g/mol. The molecule has 1 aliphatic heterocycles. The summed E-state index contributed by atoms with van der Waals surface area (Å²) in [6, 6.07) is 6.24. The fourth-order valence-electron chi connectivity index (χ4n) is 4.94. The van der Waals surface area contributed by atoms with E-state index in [2.05, 4.69) is 15.6 Å². The fourth-order valence-corrected chi connectivity index (χ4v) is 5.13. The van der Waals surface area contributed by atoms with Crippen LogP contribution in [0.3, 0.4) is 0 Å². The van der Waals surface area contributed by atoms with Gasteiger partial charge in [-0.1, -0.05) is 17.7 Å². The molecule has 0 radical (unpaired) electrons. The van der Waals surface area contributed by atoms with Crippen molar-refractivity contribution in [3.63, 3.8) is 0 Å². The van der Waals surface area contributed by atoms with Crippen LogP contribution in [0.15, 0.2) is 36.7 Å². The Hall–Kier alpha value is -3.17. The summed E-state index contributed by atoms with van der Waals surface area (Å²) in [5, 5.41) is 17.4. The fraction of sp³-hybridized carbons (Fsp3) is 0.481. The Labute approximate surface area is 221 Å². The van der Waals surface area contributed by atoms with Crippen molar-refractivity contribution in [2.75, 3.05) is 6.54 Å². The van der Waals surface area contributed by atoms with E-state index in [1.165, 1.54) is 4.90 Å². The SMILES string of the molecule is CC(C)(C)OC(=O)NCc1ccc(Cl)cc1CNC(=O)[C@@H]1CCCN1C(=O)C1(O)CCc2cnccc21. The molecule has 2 aromatic rings. The maximum absolute atomic E-state index is 13.5. The van der Waals surface area contributed by atoms with Gasteiger partial charge >= 0.3 is 6.09 Å². The number of halogens is 1. The minimum Gasteiger partial charge on any atom is -0.444 e. The van der Waals surface area contributed by atoms with Crippen molar-refractivity contribution in [3.05, 3.63) is 63.9 Å². The van der Waals surface area contributed by atoms with Crippen LogP contribution in [-0.2, 0) is 39.4 Å². The normalized spacial score (nSPS) is 20.9. The molecule has 0 spiro atoms. The molecule has 4 rings (SSSR count). The van der Waals surface area contributed by atoms with Gasteiger partial charge in [0, 0.05) is 37.1 Å². The minimum atomic E-state index is -1.64. The van der Waals surface area contributed by atoms with Crippen molar-refractivity contribution >= 4 is 29.5 Å². The lowest BCUT2D eigenvalue weighted by Gasteiger charge is -2.32. The molecule has 3 N–H and O–H groups in total. The molecule has 0 saturated carbocycles. The molecule has 3 amide bonds. The van der Waals surface area contributed by atoms with Crippen molar-refractivity contribution < 1.29 is 24.2 Å². The highest BCUT2D eigenvalue weighted by Crippen LogP contribution is 2.39. The zero-order valence-electron chi connectivity index (χ0n) is 21.3. The van der Waals surface area contributed by atoms with E-state index >= 15 is 0 Å². The molecule has 37 heavy (non-hydrogen) atoms. The van der Waals surface area contributed by atoms with Gasteiger partial charge in [0.15, 0.2) is 5.60 Å². The van der Waals surface area contributed by atoms with E-state index in [0.29, 0.717) is 36.4 Å². The van der Waals surface area contributed by atoms with Crippen LogP contribution >= 0.6 is 11.6 Å². The maximum Gasteiger partial charge on any atom is 0.407 e. The van der Waals surface area contributed by atoms with Crippen molar-refractivity contribution in [2.24, 2.45) is 0 Å². The number of benzene rings is 1. The molecule has 2 aliphatic rings. The highest BCUT2D eigenvalue weighted by atomic mass is 35.5. The van der Waals surface area contributed by atoms with Crippen LogP contribution in [-0.4, -0.2) is 51.1 Å². The Kier molecular flexibility index (Phi) is 7.75. The Balaban J connectivity index is 1.41. The van der Waals surface area contributed by atoms with Crippen molar-refractivity contribution in [2.45, 2.75) is 76.8 Å². The van der Waals surface area contributed by atoms with E-state index in [0.717, 1.165) is 16.7 Å². The van der Waals surface area contributed by atoms with Crippen LogP contribution in [0, 0.1) is 0 Å². The van der Waals surface area contributed by atoms with Gasteiger partial charge in [0.05, 0.1) is 0 Å². The number of hydrogen-bond donors (Lipinski definition) is 3. The standard InChI is InChI=1S/C27H33ClN4O5/c1-26(2,3)37-25(35)31-15-17-6-7-20(28)13-19(17)16-30-23(33)22-5-4-12-32(22)24(34)27(36)10-8-18-14-29-11-9-21(18)27/h6-7,9,11,13-14,22,36H,4-5,8,10,12,15-16H2,1-3H3,(H,30,33)(H,31,35)/t22-,27?/m0/s1. The van der Waals surface area contributed by atoms with Crippen LogP contribution < -0.4 is 10.6 Å². The van der Waals surface area contributed by atoms with E-state index in [-0.39, 0.29) is 25.4 Å². The number of nitrogens with zero attached hydrogens (tertiary/aromatic N) is 2. The predicted octanol–water partition coefficient (Wildman–Crippen LogP) is 3.20. The number of amides is 3. The Morgan fingerprint density at radius 1 is 1.19 bits per heavy atom. The van der Waals surface area contributed by atoms with Crippen LogP contribution in [0.2, 0.25) is 5.02 Å². The number of rotatable bonds is 6. The first-order chi connectivity index (χ1) is 17.5. The van der Waals surface area contributed by atoms with Gasteiger partial charge in [0.25, 0.3) is 5.91 Å². The minimum absolute atomic E-state index is 0.169. The molecule has 1 saturated heterocycles. The first-order valence-electron chi connectivity index (χ1n) is 12.5. The second-order valence-corrected chi connectivity index (χ2v) is 11.0. The van der Waals surface area contributed by atoms with Gasteiger partial charge in [0.2, 0.25) is 5.91 Å². The quantitative estimate of drug-likeness (QED) is 0.529. The van der Waals surface area contributed by atoms with Crippen molar-refractivity contribution in [3.8, 4) is 0 Å². The average molecular weight is 529 g/mol. The number of aryl methyl sites for hydroxylation is 1. The van der Waals surface area contributed by atoms with Gasteiger partial charge in [-0.3, -0.25) is 14.6 Å². The summed E-state index contributed by atoms with van der Waals surface area (Å²) in [5.41, 5.74) is 0.681. The molecular formula is C27H33ClN4O5. The summed E-state index contributed by atoms with van der Waals surface area (Å²) in [6.07, 6.45) is 4.72. The van der Waals surface area contributed by atoms with E-state index < -0.39 is 29.2 Å². The number of ether oxygens (including phenoxy) is 1. The number of aromatic nitrogens is 1. The summed E-state index contributed by atoms with van der Waals surface area (Å²) in [6.45, 7) is 6.13. The molecule has 1 unspecified atom stereocenters. The topological polar surface area (TPSA) is 121 Å². The number of hydrogen-bond acceptors (Lipinski definition) is 6. The van der Waals surface area contributed by atoms with Gasteiger partial charge in [0.1, 0.15) is 11.6 Å². The van der Waals surface area contributed by atoms with Gasteiger partial charge in [-0.25, -0.2) is 4.79 Å². The number of pyridine rings is 1. The van der Waals surface area contributed by atoms with E-state index in [1.54, 1.807) is 57.4 Å². The largest absolute Gasteiger partial charge is 0.444 e. The lowest BCUT2D eigenvalue weighted by atomic mass is 9.94. The van der Waals surface area contributed by atoms with Gasteiger partial charge in [-0.2, -0.15) is 0 Å². The summed E-state index contributed by atoms with van der Waals surface area (Å²) in [7, 11) is 0. The molecule has 2 atom stereocenters. The Morgan fingerprint density at radius 2 is 1.95 bits per heavy atom. The third kappa shape index (κ3) is 6.05. The smallest absolute Gasteiger partial charge is 0.407 e. The first-order valence-corrected chi connectivity index (χ1v) is 12.8. The van der Waals surface area contributed by atoms with E-state index in [1.807, 2.05) is 0 Å². The Bertz CT molecular complexity index is 1200. The lowest BCUT2D eigenvalue weighted by molar-refractivity contribution is -0.155. The highest BCUT2D eigenvalue weighted by Gasteiger charge is 2.49. The molecule has 1 aromatic carbocycles. The molecular weight excluding hydrogens is 496 g/mol. The lowest BCUT2D eigenvalue weighted by Crippen LogP contribution is -2.52. The zero-order valence-corrected chi connectivity index (χ0v) is 22.1. The van der Waals surface area contributed by atoms with Gasteiger partial charge in [-0.05, 0) is 86.9 Å². The van der Waals surface area contributed by atoms with Gasteiger partial charge < -0.3 is 25.4 Å². The molecule has 10 heteroatoms. The Morgan fingerprint density at radius 3 is 2.70 bits per heavy atom. The molecule has 9 nitrogen and oxygen atoms in total. The average Bonchev–Trinajstić information content (AvgIpc) is 3.46. The van der Waals surface area contributed by atoms with Crippen molar-refractivity contribution in [1.29, 1.82) is 0 Å². The summed E-state index contributed by atoms with van der Waals surface area (Å²) >= 11 is 6.19. The summed E-state index contributed by atoms with van der Waals surface area (Å²) < 4.78 is 5.29. The number of nitrogens with one attached hydrogen (secondary N) is 2. The molecule has 2 heterocycles. The molecule has 1 fully saturated rings. The van der Waals surface area contributed by atoms with Crippen LogP contribution in [0.5, 0.6) is 0 Å². The van der Waals surface area contributed by atoms with E-state index in [4.69, 9.17) is 16.3 Å². The van der Waals surface area contributed by atoms with Crippen LogP contribution in [0.4, 0.5) is 4.79 Å². The summed E-state index contributed by atoms with van der Waals surface area (Å²) in [5.74, 6) is -0.742. The molecule has 1 aliphatic carbocycles. The third-order valence-corrected chi connectivity index (χ3v) is 6.95. The number of fused-ring (bicyclic) bond motifs is 1.